The molecule has 0 amide bonds. The Morgan fingerprint density at radius 2 is 2.16 bits per heavy atom. The minimum atomic E-state index is 0.294. The first-order valence-corrected chi connectivity index (χ1v) is 6.83. The van der Waals surface area contributed by atoms with Crippen molar-refractivity contribution in [1.82, 2.24) is 19.9 Å². The molecule has 1 atom stereocenters. The van der Waals surface area contributed by atoms with E-state index in [1.807, 2.05) is 31.7 Å². The van der Waals surface area contributed by atoms with Gasteiger partial charge in [-0.1, -0.05) is 13.0 Å². The highest BCUT2D eigenvalue weighted by Crippen LogP contribution is 2.19. The molecule has 0 aromatic carbocycles. The normalized spacial score (nSPS) is 12.6. The first kappa shape index (κ1) is 13.7. The fourth-order valence-corrected chi connectivity index (χ4v) is 2.36. The number of nitrogens with zero attached hydrogens (tertiary/aromatic N) is 3. The van der Waals surface area contributed by atoms with Crippen molar-refractivity contribution >= 4 is 0 Å². The van der Waals surface area contributed by atoms with Gasteiger partial charge in [-0.3, -0.25) is 4.98 Å². The van der Waals surface area contributed by atoms with Crippen LogP contribution in [0, 0.1) is 6.92 Å². The van der Waals surface area contributed by atoms with Crippen LogP contribution in [0.3, 0.4) is 0 Å². The van der Waals surface area contributed by atoms with E-state index >= 15 is 0 Å². The molecule has 2 aromatic heterocycles. The van der Waals surface area contributed by atoms with Crippen LogP contribution in [0.1, 0.15) is 36.5 Å². The summed E-state index contributed by atoms with van der Waals surface area (Å²) in [5.74, 6) is 1.12. The Hall–Kier alpha value is -1.68. The van der Waals surface area contributed by atoms with Crippen molar-refractivity contribution in [2.75, 3.05) is 6.54 Å². The van der Waals surface area contributed by atoms with Crippen LogP contribution in [0.2, 0.25) is 0 Å². The molecule has 0 bridgehead atoms. The maximum absolute atomic E-state index is 4.53. The largest absolute Gasteiger partial charge is 0.338 e. The van der Waals surface area contributed by atoms with Crippen molar-refractivity contribution < 1.29 is 0 Å². The van der Waals surface area contributed by atoms with E-state index in [0.29, 0.717) is 6.04 Å². The second kappa shape index (κ2) is 6.48. The molecule has 0 aliphatic carbocycles. The third-order valence-electron chi connectivity index (χ3n) is 3.41. The van der Waals surface area contributed by atoms with Crippen LogP contribution in [-0.4, -0.2) is 21.1 Å². The molecule has 1 N–H and O–H groups in total. The maximum atomic E-state index is 4.53. The third-order valence-corrected chi connectivity index (χ3v) is 3.41. The van der Waals surface area contributed by atoms with E-state index in [-0.39, 0.29) is 0 Å². The van der Waals surface area contributed by atoms with Crippen molar-refractivity contribution in [2.24, 2.45) is 7.05 Å². The monoisotopic (exact) mass is 258 g/mol. The Labute approximate surface area is 114 Å². The number of aromatic nitrogens is 3. The van der Waals surface area contributed by atoms with Crippen LogP contribution in [0.5, 0.6) is 0 Å². The van der Waals surface area contributed by atoms with Crippen molar-refractivity contribution in [2.45, 2.75) is 32.7 Å². The van der Waals surface area contributed by atoms with Gasteiger partial charge >= 0.3 is 0 Å². The van der Waals surface area contributed by atoms with Crippen LogP contribution in [0.15, 0.2) is 30.7 Å². The summed E-state index contributed by atoms with van der Waals surface area (Å²) in [5, 5.41) is 3.52. The van der Waals surface area contributed by atoms with E-state index in [1.165, 1.54) is 5.56 Å². The minimum Gasteiger partial charge on any atom is -0.338 e. The number of hydrogen-bond donors (Lipinski definition) is 1. The minimum absolute atomic E-state index is 0.294. The molecule has 2 aromatic rings. The van der Waals surface area contributed by atoms with Crippen LogP contribution in [0.4, 0.5) is 0 Å². The van der Waals surface area contributed by atoms with Gasteiger partial charge in [0.1, 0.15) is 5.82 Å². The molecular weight excluding hydrogens is 236 g/mol. The summed E-state index contributed by atoms with van der Waals surface area (Å²) in [6.07, 6.45) is 7.67. The average Bonchev–Trinajstić information content (AvgIpc) is 2.81. The van der Waals surface area contributed by atoms with Gasteiger partial charge in [0.05, 0.1) is 11.7 Å². The number of aryl methyl sites for hydroxylation is 3. The van der Waals surface area contributed by atoms with Gasteiger partial charge in [0.25, 0.3) is 0 Å². The zero-order valence-corrected chi connectivity index (χ0v) is 11.9. The van der Waals surface area contributed by atoms with Gasteiger partial charge in [-0.2, -0.15) is 0 Å². The van der Waals surface area contributed by atoms with Gasteiger partial charge in [-0.05, 0) is 31.5 Å². The van der Waals surface area contributed by atoms with Gasteiger partial charge in [-0.15, -0.1) is 0 Å². The molecule has 4 nitrogen and oxygen atoms in total. The van der Waals surface area contributed by atoms with E-state index in [2.05, 4.69) is 39.8 Å². The standard InChI is InChI=1S/C15H22N4/c1-4-16-13(15-12(2)6-5-9-18-15)7-8-14-17-10-11-19(14)3/h5-6,9-11,13,16H,4,7-8H2,1-3H3. The fraction of sp³-hybridized carbons (Fsp3) is 0.467. The van der Waals surface area contributed by atoms with Crippen molar-refractivity contribution in [3.05, 3.63) is 47.8 Å². The lowest BCUT2D eigenvalue weighted by Gasteiger charge is -2.19. The molecule has 2 heterocycles. The summed E-state index contributed by atoms with van der Waals surface area (Å²) in [4.78, 5) is 8.91. The summed E-state index contributed by atoms with van der Waals surface area (Å²) in [5.41, 5.74) is 2.40. The Morgan fingerprint density at radius 3 is 2.79 bits per heavy atom. The molecule has 0 saturated heterocycles. The molecule has 2 rings (SSSR count). The van der Waals surface area contributed by atoms with Crippen LogP contribution < -0.4 is 5.32 Å². The SMILES string of the molecule is CCNC(CCc1nccn1C)c1ncccc1C. The molecule has 0 fully saturated rings. The second-order valence-corrected chi connectivity index (χ2v) is 4.81. The molecule has 1 unspecified atom stereocenters. The molecule has 0 spiro atoms. The Kier molecular flexibility index (Phi) is 4.68. The quantitative estimate of drug-likeness (QED) is 0.865. The third kappa shape index (κ3) is 3.41. The van der Waals surface area contributed by atoms with Gasteiger partial charge in [0.15, 0.2) is 0 Å². The highest BCUT2D eigenvalue weighted by Gasteiger charge is 2.14. The molecule has 0 aliphatic heterocycles. The Balaban J connectivity index is 2.09. The second-order valence-electron chi connectivity index (χ2n) is 4.81. The lowest BCUT2D eigenvalue weighted by atomic mass is 10.0. The summed E-state index contributed by atoms with van der Waals surface area (Å²) in [7, 11) is 2.04. The van der Waals surface area contributed by atoms with E-state index in [9.17, 15) is 0 Å². The molecule has 0 radical (unpaired) electrons. The highest BCUT2D eigenvalue weighted by atomic mass is 15.0. The van der Waals surface area contributed by atoms with Gasteiger partial charge in [0, 0.05) is 32.1 Å². The lowest BCUT2D eigenvalue weighted by molar-refractivity contribution is 0.492. The molecule has 0 aliphatic rings. The smallest absolute Gasteiger partial charge is 0.108 e. The summed E-state index contributed by atoms with van der Waals surface area (Å²) in [6, 6.07) is 4.40. The molecular formula is C15H22N4. The van der Waals surface area contributed by atoms with Crippen LogP contribution >= 0.6 is 0 Å². The predicted octanol–water partition coefficient (Wildman–Crippen LogP) is 2.41. The first-order valence-electron chi connectivity index (χ1n) is 6.83. The van der Waals surface area contributed by atoms with Gasteiger partial charge in [0.2, 0.25) is 0 Å². The lowest BCUT2D eigenvalue weighted by Crippen LogP contribution is -2.23. The fourth-order valence-electron chi connectivity index (χ4n) is 2.36. The molecule has 19 heavy (non-hydrogen) atoms. The zero-order valence-electron chi connectivity index (χ0n) is 11.9. The number of imidazole rings is 1. The van der Waals surface area contributed by atoms with E-state index < -0.39 is 0 Å². The number of hydrogen-bond acceptors (Lipinski definition) is 3. The Morgan fingerprint density at radius 1 is 1.32 bits per heavy atom. The summed E-state index contributed by atoms with van der Waals surface area (Å²) in [6.45, 7) is 5.20. The van der Waals surface area contributed by atoms with Crippen LogP contribution in [-0.2, 0) is 13.5 Å². The van der Waals surface area contributed by atoms with Gasteiger partial charge < -0.3 is 9.88 Å². The number of nitrogens with one attached hydrogen (secondary N) is 1. The molecule has 102 valence electrons. The van der Waals surface area contributed by atoms with E-state index in [1.54, 1.807) is 0 Å². The predicted molar refractivity (Wildman–Crippen MR) is 76.9 cm³/mol. The molecule has 4 heteroatoms. The van der Waals surface area contributed by atoms with Crippen molar-refractivity contribution in [1.29, 1.82) is 0 Å². The summed E-state index contributed by atoms with van der Waals surface area (Å²) < 4.78 is 2.08. The number of pyridine rings is 1. The first-order chi connectivity index (χ1) is 9.22. The average molecular weight is 258 g/mol. The number of rotatable bonds is 6. The highest BCUT2D eigenvalue weighted by molar-refractivity contribution is 5.21. The van der Waals surface area contributed by atoms with Crippen molar-refractivity contribution in [3.8, 4) is 0 Å². The maximum Gasteiger partial charge on any atom is 0.108 e. The molecule has 0 saturated carbocycles. The van der Waals surface area contributed by atoms with Gasteiger partial charge in [-0.25, -0.2) is 4.98 Å². The van der Waals surface area contributed by atoms with Crippen LogP contribution in [0.25, 0.3) is 0 Å². The topological polar surface area (TPSA) is 42.7 Å². The van der Waals surface area contributed by atoms with Crippen molar-refractivity contribution in [3.63, 3.8) is 0 Å². The zero-order chi connectivity index (χ0) is 13.7. The van der Waals surface area contributed by atoms with E-state index in [4.69, 9.17) is 0 Å². The Bertz CT molecular complexity index is 518. The summed E-state index contributed by atoms with van der Waals surface area (Å²) >= 11 is 0. The van der Waals surface area contributed by atoms with E-state index in [0.717, 1.165) is 30.9 Å².